The Hall–Kier alpha value is -4.04. The molecule has 0 bridgehead atoms. The molecule has 6 rings (SSSR count). The van der Waals surface area contributed by atoms with Crippen LogP contribution in [0.3, 0.4) is 0 Å². The quantitative estimate of drug-likeness (QED) is 0.358. The molecule has 0 spiro atoms. The zero-order chi connectivity index (χ0) is 21.3. The molecule has 2 heteroatoms. The number of benzene rings is 4. The van der Waals surface area contributed by atoms with Crippen molar-refractivity contribution in [2.75, 3.05) is 5.32 Å². The average Bonchev–Trinajstić information content (AvgIpc) is 3.25. The lowest BCUT2D eigenvalue weighted by Crippen LogP contribution is -2.26. The first-order valence-electron chi connectivity index (χ1n) is 11.1. The Labute approximate surface area is 187 Å². The Bertz CT molecular complexity index is 1510. The highest BCUT2D eigenvalue weighted by atomic mass is 16.3. The maximum atomic E-state index is 6.25. The van der Waals surface area contributed by atoms with E-state index in [4.69, 9.17) is 4.42 Å². The average molecular weight is 414 g/mol. The minimum atomic E-state index is 0.963. The smallest absolute Gasteiger partial charge is 0.138 e. The van der Waals surface area contributed by atoms with Crippen LogP contribution >= 0.6 is 0 Å². The Morgan fingerprint density at radius 3 is 1.97 bits per heavy atom. The summed E-state index contributed by atoms with van der Waals surface area (Å²) in [7, 11) is 0. The predicted octanol–water partition coefficient (Wildman–Crippen LogP) is 6.62. The topological polar surface area (TPSA) is 25.2 Å². The second-order valence-corrected chi connectivity index (χ2v) is 8.21. The molecular weight excluding hydrogens is 390 g/mol. The summed E-state index contributed by atoms with van der Waals surface area (Å²) >= 11 is 0. The van der Waals surface area contributed by atoms with E-state index in [9.17, 15) is 0 Å². The molecule has 0 aliphatic heterocycles. The number of furan rings is 1. The first-order chi connectivity index (χ1) is 15.8. The van der Waals surface area contributed by atoms with Crippen molar-refractivity contribution in [3.05, 3.63) is 119 Å². The van der Waals surface area contributed by atoms with Gasteiger partial charge in [-0.3, -0.25) is 0 Å². The highest BCUT2D eigenvalue weighted by molar-refractivity contribution is 5.82. The second kappa shape index (κ2) is 7.90. The Morgan fingerprint density at radius 1 is 0.594 bits per heavy atom. The van der Waals surface area contributed by atoms with Crippen LogP contribution in [0, 0.1) is 0 Å². The molecular formula is C30H23NO. The van der Waals surface area contributed by atoms with Crippen LogP contribution in [0.1, 0.15) is 18.4 Å². The summed E-state index contributed by atoms with van der Waals surface area (Å²) in [5.41, 5.74) is 9.11. The van der Waals surface area contributed by atoms with E-state index in [1.807, 2.05) is 12.1 Å². The van der Waals surface area contributed by atoms with Gasteiger partial charge in [-0.2, -0.15) is 0 Å². The minimum Gasteiger partial charge on any atom is -0.456 e. The van der Waals surface area contributed by atoms with Gasteiger partial charge in [-0.1, -0.05) is 78.9 Å². The van der Waals surface area contributed by atoms with E-state index in [0.29, 0.717) is 0 Å². The Balaban J connectivity index is 1.28. The monoisotopic (exact) mass is 413 g/mol. The molecule has 1 aliphatic rings. The largest absolute Gasteiger partial charge is 0.456 e. The molecule has 1 heterocycles. The van der Waals surface area contributed by atoms with Gasteiger partial charge >= 0.3 is 0 Å². The van der Waals surface area contributed by atoms with Gasteiger partial charge in [0.1, 0.15) is 11.0 Å². The van der Waals surface area contributed by atoms with E-state index >= 15 is 0 Å². The molecule has 5 aromatic rings. The van der Waals surface area contributed by atoms with Crippen LogP contribution in [-0.4, -0.2) is 0 Å². The molecule has 0 radical (unpaired) electrons. The van der Waals surface area contributed by atoms with Gasteiger partial charge in [0.2, 0.25) is 0 Å². The molecule has 0 fully saturated rings. The normalized spacial score (nSPS) is 12.9. The predicted molar refractivity (Wildman–Crippen MR) is 133 cm³/mol. The van der Waals surface area contributed by atoms with Crippen LogP contribution in [0.15, 0.2) is 108 Å². The Kier molecular flexibility index (Phi) is 4.62. The number of fused-ring (bicyclic) bond motifs is 3. The second-order valence-electron chi connectivity index (χ2n) is 8.21. The zero-order valence-corrected chi connectivity index (χ0v) is 17.7. The molecule has 1 aliphatic carbocycles. The summed E-state index contributed by atoms with van der Waals surface area (Å²) < 4.78 is 6.25. The van der Waals surface area contributed by atoms with Crippen LogP contribution in [0.2, 0.25) is 0 Å². The highest BCUT2D eigenvalue weighted by Gasteiger charge is 2.13. The van der Waals surface area contributed by atoms with Crippen molar-refractivity contribution in [3.63, 3.8) is 0 Å². The molecule has 2 nitrogen and oxygen atoms in total. The maximum Gasteiger partial charge on any atom is 0.138 e. The zero-order valence-electron chi connectivity index (χ0n) is 17.7. The van der Waals surface area contributed by atoms with Gasteiger partial charge in [0.05, 0.1) is 0 Å². The standard InChI is InChI=1S/C30H23NO/c1-2-7-21(8-3-1)22-13-17-24(18-14-22)31-25-19-15-23(16-20-25)26-10-6-11-28-27-9-4-5-12-29(27)32-30(26)28/h1-5,7-9,11-20,31H,6,10H2. The summed E-state index contributed by atoms with van der Waals surface area (Å²) in [5.74, 6) is 0. The third kappa shape index (κ3) is 3.40. The van der Waals surface area contributed by atoms with Crippen molar-refractivity contribution in [3.8, 4) is 11.1 Å². The Morgan fingerprint density at radius 2 is 1.22 bits per heavy atom. The lowest BCUT2D eigenvalue weighted by molar-refractivity contribution is 0.568. The number of hydrogen-bond donors (Lipinski definition) is 1. The van der Waals surface area contributed by atoms with Gasteiger partial charge in [-0.15, -0.1) is 0 Å². The first-order valence-corrected chi connectivity index (χ1v) is 11.1. The summed E-state index contributed by atoms with van der Waals surface area (Å²) in [6, 6.07) is 36.0. The molecule has 0 amide bonds. The van der Waals surface area contributed by atoms with Crippen molar-refractivity contribution >= 4 is 34.0 Å². The fraction of sp³-hybridized carbons (Fsp3) is 0.0667. The van der Waals surface area contributed by atoms with Crippen LogP contribution in [-0.2, 0) is 0 Å². The highest BCUT2D eigenvalue weighted by Crippen LogP contribution is 2.26. The molecule has 1 N–H and O–H groups in total. The van der Waals surface area contributed by atoms with E-state index in [2.05, 4.69) is 102 Å². The van der Waals surface area contributed by atoms with Crippen molar-refractivity contribution in [2.24, 2.45) is 0 Å². The van der Waals surface area contributed by atoms with Crippen LogP contribution in [0.25, 0.3) is 33.7 Å². The fourth-order valence-electron chi connectivity index (χ4n) is 4.54. The number of para-hydroxylation sites is 1. The van der Waals surface area contributed by atoms with Crippen LogP contribution in [0.5, 0.6) is 0 Å². The summed E-state index contributed by atoms with van der Waals surface area (Å²) in [4.78, 5) is 0. The van der Waals surface area contributed by atoms with Gasteiger partial charge in [0.15, 0.2) is 0 Å². The van der Waals surface area contributed by atoms with E-state index in [1.54, 1.807) is 0 Å². The summed E-state index contributed by atoms with van der Waals surface area (Å²) in [5, 5.41) is 5.96. The molecule has 32 heavy (non-hydrogen) atoms. The van der Waals surface area contributed by atoms with Gasteiger partial charge in [-0.25, -0.2) is 0 Å². The molecule has 0 saturated carbocycles. The van der Waals surface area contributed by atoms with E-state index in [-0.39, 0.29) is 0 Å². The molecule has 154 valence electrons. The maximum absolute atomic E-state index is 6.25. The number of anilines is 2. The molecule has 4 aromatic carbocycles. The van der Waals surface area contributed by atoms with E-state index < -0.39 is 0 Å². The first kappa shape index (κ1) is 18.7. The summed E-state index contributed by atoms with van der Waals surface area (Å²) in [6.07, 6.45) is 4.35. The fourth-order valence-corrected chi connectivity index (χ4v) is 4.54. The lowest BCUT2D eigenvalue weighted by atomic mass is 9.96. The summed E-state index contributed by atoms with van der Waals surface area (Å²) in [6.45, 7) is 0. The number of rotatable bonds is 4. The van der Waals surface area contributed by atoms with Crippen molar-refractivity contribution < 1.29 is 4.42 Å². The number of nitrogens with one attached hydrogen (secondary N) is 1. The molecule has 0 atom stereocenters. The number of hydrogen-bond acceptors (Lipinski definition) is 2. The van der Waals surface area contributed by atoms with Crippen molar-refractivity contribution in [1.82, 2.24) is 0 Å². The van der Waals surface area contributed by atoms with Gasteiger partial charge in [0, 0.05) is 27.6 Å². The van der Waals surface area contributed by atoms with Crippen molar-refractivity contribution in [2.45, 2.75) is 12.8 Å². The van der Waals surface area contributed by atoms with Crippen molar-refractivity contribution in [1.29, 1.82) is 0 Å². The van der Waals surface area contributed by atoms with E-state index in [0.717, 1.165) is 35.2 Å². The minimum absolute atomic E-state index is 0.963. The molecule has 0 unspecified atom stereocenters. The molecule has 1 aromatic heterocycles. The van der Waals surface area contributed by atoms with Gasteiger partial charge in [0.25, 0.3) is 0 Å². The van der Waals surface area contributed by atoms with Gasteiger partial charge < -0.3 is 9.73 Å². The third-order valence-electron chi connectivity index (χ3n) is 6.16. The van der Waals surface area contributed by atoms with Crippen LogP contribution in [0.4, 0.5) is 11.4 Å². The van der Waals surface area contributed by atoms with E-state index in [1.165, 1.54) is 32.9 Å². The van der Waals surface area contributed by atoms with Gasteiger partial charge in [-0.05, 0) is 59.9 Å². The lowest BCUT2D eigenvalue weighted by Gasteiger charge is -2.11. The third-order valence-corrected chi connectivity index (χ3v) is 6.16. The molecule has 0 saturated heterocycles. The SMILES string of the molecule is C1=c2c(oc3ccccc23)=C(c2ccc(Nc3ccc(-c4ccccc4)cc3)cc2)CC1. The van der Waals surface area contributed by atoms with Crippen LogP contribution < -0.4 is 16.0 Å².